The van der Waals surface area contributed by atoms with Crippen molar-refractivity contribution in [1.29, 1.82) is 0 Å². The molecule has 0 radical (unpaired) electrons. The largest absolute Gasteiger partial charge is 0.412 e. The number of benzene rings is 5. The van der Waals surface area contributed by atoms with E-state index in [1.54, 1.807) is 91.9 Å². The fourth-order valence-electron chi connectivity index (χ4n) is 6.04. The van der Waals surface area contributed by atoms with E-state index in [-0.39, 0.29) is 43.5 Å². The first-order chi connectivity index (χ1) is 24.0. The first-order valence-electron chi connectivity index (χ1n) is 15.7. The highest BCUT2D eigenvalue weighted by Gasteiger charge is 2.22. The lowest BCUT2D eigenvalue weighted by atomic mass is 9.94. The summed E-state index contributed by atoms with van der Waals surface area (Å²) in [5, 5.41) is 0.987. The second-order valence-corrected chi connectivity index (χ2v) is 15.7. The molecule has 0 aliphatic rings. The van der Waals surface area contributed by atoms with Crippen molar-refractivity contribution in [2.45, 2.75) is 41.5 Å². The van der Waals surface area contributed by atoms with Crippen molar-refractivity contribution in [3.8, 4) is 0 Å². The van der Waals surface area contributed by atoms with E-state index in [0.29, 0.717) is 45.7 Å². The zero-order valence-electron chi connectivity index (χ0n) is 28.1. The molecule has 0 atom stereocenters. The summed E-state index contributed by atoms with van der Waals surface area (Å²) in [4.78, 5) is 1.13. The second-order valence-electron chi connectivity index (χ2n) is 11.6. The Hall–Kier alpha value is -4.87. The Kier molecular flexibility index (Phi) is 12.1. The molecule has 274 valence electrons. The maximum absolute atomic E-state index is 12.5. The van der Waals surface area contributed by atoms with Gasteiger partial charge in [0, 0.05) is 35.6 Å². The molecule has 0 amide bonds. The van der Waals surface area contributed by atoms with Gasteiger partial charge in [-0.05, 0) is 70.3 Å². The highest BCUT2D eigenvalue weighted by Crippen LogP contribution is 2.30. The van der Waals surface area contributed by atoms with Crippen LogP contribution >= 0.6 is 0 Å². The third kappa shape index (κ3) is 8.59. The molecule has 0 fully saturated rings. The van der Waals surface area contributed by atoms with Crippen LogP contribution in [0.5, 0.6) is 0 Å². The van der Waals surface area contributed by atoms with Crippen molar-refractivity contribution < 1.29 is 44.4 Å². The number of hydrogen-bond acceptors (Lipinski definition) is 8. The molecule has 0 saturated carbocycles. The summed E-state index contributed by atoms with van der Waals surface area (Å²) >= 11 is 0. The first-order valence-corrected chi connectivity index (χ1v) is 20.0. The zero-order valence-corrected chi connectivity index (χ0v) is 30.6. The number of rotatable bonds is 11. The van der Waals surface area contributed by atoms with E-state index < -0.39 is 30.4 Å². The Morgan fingerprint density at radius 2 is 1.12 bits per heavy atom. The van der Waals surface area contributed by atoms with Crippen LogP contribution in [-0.2, 0) is 43.3 Å². The maximum atomic E-state index is 12.5. The lowest BCUT2D eigenvalue weighted by molar-refractivity contribution is 0.479. The van der Waals surface area contributed by atoms with Gasteiger partial charge in [0.25, 0.3) is 30.4 Å². The van der Waals surface area contributed by atoms with E-state index in [9.17, 15) is 38.9 Å². The smallest absolute Gasteiger partial charge is 0.295 e. The fraction of sp³-hybridized carbons (Fsp3) is 0.135. The molecule has 0 heterocycles. The van der Waals surface area contributed by atoms with Crippen molar-refractivity contribution in [3.05, 3.63) is 154 Å². The zero-order chi connectivity index (χ0) is 37.1. The molecule has 0 saturated heterocycles. The SMILES string of the molecule is CCc1cccc(C(N)=c2ccc(=C(c3ccc(N(CC)Cc4ccccc4S(=O)(=O)O)cc3)c3ccccc3S(=O)(=O)O)cc2)c1S(=O)(=O)O.O. The standard InChI is InChI=1S/C37H36N2O9S3.H2O/c1-3-25-11-9-13-32(37(25)51(46,47)48)36(38)28-18-16-26(17-19-28)35(31-12-6-8-15-34(31)50(43,44)45)27-20-22-30(23-21-27)39(4-2)24-29-10-5-7-14-33(29)49(40,41)42;/h5-23H,3-4,24,38H2,1-2H3,(H,40,41,42)(H,43,44,45)(H,46,47,48);1H2. The van der Waals surface area contributed by atoms with Gasteiger partial charge in [-0.25, -0.2) is 0 Å². The molecule has 12 nitrogen and oxygen atoms in total. The summed E-state index contributed by atoms with van der Waals surface area (Å²) in [6.07, 6.45) is 0.341. The minimum Gasteiger partial charge on any atom is -0.412 e. The van der Waals surface area contributed by atoms with E-state index in [4.69, 9.17) is 5.73 Å². The molecule has 15 heteroatoms. The van der Waals surface area contributed by atoms with Gasteiger partial charge in [-0.1, -0.05) is 97.9 Å². The van der Waals surface area contributed by atoms with Gasteiger partial charge in [-0.15, -0.1) is 0 Å². The number of anilines is 1. The van der Waals surface area contributed by atoms with Crippen LogP contribution in [0.15, 0.2) is 130 Å². The minimum absolute atomic E-state index is 0. The van der Waals surface area contributed by atoms with Gasteiger partial charge in [0.2, 0.25) is 0 Å². The van der Waals surface area contributed by atoms with E-state index in [1.807, 2.05) is 11.8 Å². The van der Waals surface area contributed by atoms with Crippen molar-refractivity contribution in [1.82, 2.24) is 0 Å². The quantitative estimate of drug-likeness (QED) is 0.142. The van der Waals surface area contributed by atoms with Crippen molar-refractivity contribution in [2.24, 2.45) is 5.73 Å². The van der Waals surface area contributed by atoms with Crippen LogP contribution in [0.1, 0.15) is 41.7 Å². The van der Waals surface area contributed by atoms with Crippen LogP contribution in [0.3, 0.4) is 0 Å². The Balaban J connectivity index is 0.00000605. The molecule has 0 bridgehead atoms. The second kappa shape index (κ2) is 15.8. The summed E-state index contributed by atoms with van der Waals surface area (Å²) in [6, 6.07) is 30.7. The molecule has 0 unspecified atom stereocenters. The lowest BCUT2D eigenvalue weighted by Crippen LogP contribution is -2.23. The predicted molar refractivity (Wildman–Crippen MR) is 199 cm³/mol. The summed E-state index contributed by atoms with van der Waals surface area (Å²) in [7, 11) is -13.7. The minimum atomic E-state index is -4.66. The van der Waals surface area contributed by atoms with Crippen LogP contribution < -0.4 is 21.1 Å². The van der Waals surface area contributed by atoms with Crippen molar-refractivity contribution in [3.63, 3.8) is 0 Å². The van der Waals surface area contributed by atoms with Gasteiger partial charge in [0.1, 0.15) is 9.79 Å². The number of nitrogens with zero attached hydrogens (tertiary/aromatic N) is 1. The summed E-state index contributed by atoms with van der Waals surface area (Å²) in [5.74, 6) is 0. The van der Waals surface area contributed by atoms with Gasteiger partial charge in [-0.2, -0.15) is 25.3 Å². The average molecular weight is 767 g/mol. The van der Waals surface area contributed by atoms with Gasteiger partial charge in [0.05, 0.1) is 4.90 Å². The van der Waals surface area contributed by atoms with Crippen LogP contribution in [-0.4, -0.2) is 50.9 Å². The van der Waals surface area contributed by atoms with Crippen LogP contribution in [0, 0.1) is 0 Å². The van der Waals surface area contributed by atoms with Crippen LogP contribution in [0.4, 0.5) is 5.69 Å². The Morgan fingerprint density at radius 1 is 0.596 bits per heavy atom. The average Bonchev–Trinajstić information content (AvgIpc) is 3.10. The monoisotopic (exact) mass is 766 g/mol. The third-order valence-electron chi connectivity index (χ3n) is 8.46. The first kappa shape index (κ1) is 39.9. The van der Waals surface area contributed by atoms with E-state index in [0.717, 1.165) is 5.69 Å². The molecule has 5 aromatic carbocycles. The summed E-state index contributed by atoms with van der Waals surface area (Å²) in [6.45, 7) is 4.32. The molecule has 52 heavy (non-hydrogen) atoms. The van der Waals surface area contributed by atoms with Gasteiger partial charge >= 0.3 is 0 Å². The molecule has 0 spiro atoms. The Morgan fingerprint density at radius 3 is 1.67 bits per heavy atom. The third-order valence-corrected chi connectivity index (χ3v) is 11.3. The van der Waals surface area contributed by atoms with E-state index >= 15 is 0 Å². The number of nitrogens with two attached hydrogens (primary N) is 1. The number of aryl methyl sites for hydroxylation is 1. The van der Waals surface area contributed by atoms with E-state index in [1.165, 1.54) is 30.3 Å². The topological polar surface area (TPSA) is 224 Å². The van der Waals surface area contributed by atoms with Crippen LogP contribution in [0.25, 0.3) is 11.3 Å². The maximum Gasteiger partial charge on any atom is 0.295 e. The molecule has 0 aliphatic carbocycles. The molecular formula is C37H38N2O10S3. The molecule has 0 aliphatic heterocycles. The van der Waals surface area contributed by atoms with E-state index in [2.05, 4.69) is 0 Å². The normalized spacial score (nSPS) is 11.8. The molecular weight excluding hydrogens is 729 g/mol. The molecule has 7 N–H and O–H groups in total. The fourth-order valence-corrected chi connectivity index (χ4v) is 8.46. The van der Waals surface area contributed by atoms with Crippen LogP contribution in [0.2, 0.25) is 0 Å². The summed E-state index contributed by atoms with van der Waals surface area (Å²) < 4.78 is 104. The molecule has 0 aromatic heterocycles. The highest BCUT2D eigenvalue weighted by atomic mass is 32.2. The Labute approximate surface area is 302 Å². The van der Waals surface area contributed by atoms with Crippen molar-refractivity contribution >= 4 is 47.3 Å². The van der Waals surface area contributed by atoms with Crippen molar-refractivity contribution in [2.75, 3.05) is 11.4 Å². The number of hydrogen-bond donors (Lipinski definition) is 4. The summed E-state index contributed by atoms with van der Waals surface area (Å²) in [5.41, 5.74) is 9.50. The Bertz CT molecular complexity index is 2550. The van der Waals surface area contributed by atoms with Gasteiger partial charge in [-0.3, -0.25) is 13.7 Å². The van der Waals surface area contributed by atoms with Gasteiger partial charge in [0.15, 0.2) is 0 Å². The highest BCUT2D eigenvalue weighted by molar-refractivity contribution is 7.86. The molecule has 5 aromatic rings. The van der Waals surface area contributed by atoms with Gasteiger partial charge < -0.3 is 16.1 Å². The lowest BCUT2D eigenvalue weighted by Gasteiger charge is -2.24. The molecule has 5 rings (SSSR count). The predicted octanol–water partition coefficient (Wildman–Crippen LogP) is 3.55.